The quantitative estimate of drug-likeness (QED) is 0.755. The van der Waals surface area contributed by atoms with Gasteiger partial charge in [-0.15, -0.1) is 0 Å². The van der Waals surface area contributed by atoms with Crippen LogP contribution in [0.15, 0.2) is 12.4 Å². The maximum absolute atomic E-state index is 7.98. The molecule has 3 rings (SSSR count). The molecule has 0 N–H and O–H groups in total. The lowest BCUT2D eigenvalue weighted by atomic mass is 9.85. The van der Waals surface area contributed by atoms with Gasteiger partial charge in [0.1, 0.15) is 6.08 Å². The Morgan fingerprint density at radius 3 is 2.55 bits per heavy atom. The molecular weight excluding hydrogens is 259 g/mol. The highest BCUT2D eigenvalue weighted by Gasteiger charge is 2.52. The zero-order valence-electron chi connectivity index (χ0n) is 16.8. The van der Waals surface area contributed by atoms with Crippen LogP contribution in [0, 0.1) is 0 Å². The number of hydrogen-bond donors (Lipinski definition) is 0. The first-order valence-corrected chi connectivity index (χ1v) is 6.28. The average molecular weight is 283 g/mol. The molecule has 1 aromatic heterocycles. The summed E-state index contributed by atoms with van der Waals surface area (Å²) >= 11 is 0. The normalized spacial score (nSPS) is 34.8. The maximum Gasteiger partial charge on any atom is 0.516 e. The van der Waals surface area contributed by atoms with Crippen molar-refractivity contribution < 1.29 is 25.6 Å². The Balaban J connectivity index is 1.84. The number of rotatable bonds is 3. The summed E-state index contributed by atoms with van der Waals surface area (Å²) in [6, 6.07) is 0. The molecule has 20 heavy (non-hydrogen) atoms. The third-order valence-corrected chi connectivity index (χ3v) is 3.62. The molecule has 2 saturated heterocycles. The summed E-state index contributed by atoms with van der Waals surface area (Å²) in [4.78, 5) is 8.09. The van der Waals surface area contributed by atoms with E-state index in [1.807, 2.05) is 27.7 Å². The lowest BCUT2D eigenvalue weighted by Gasteiger charge is -2.32. The van der Waals surface area contributed by atoms with Gasteiger partial charge in [-0.05, 0) is 27.7 Å². The second-order valence-corrected chi connectivity index (χ2v) is 5.61. The highest BCUT2D eigenvalue weighted by Crippen LogP contribution is 2.36. The molecule has 0 atom stereocenters. The molecule has 0 aromatic carbocycles. The molecule has 0 spiro atoms. The summed E-state index contributed by atoms with van der Waals surface area (Å²) < 4.78 is 59.5. The largest absolute Gasteiger partial charge is 0.516 e. The van der Waals surface area contributed by atoms with Gasteiger partial charge in [0, 0.05) is 6.20 Å². The Morgan fingerprint density at radius 1 is 1.30 bits per heavy atom. The van der Waals surface area contributed by atoms with Crippen LogP contribution >= 0.6 is 0 Å². The van der Waals surface area contributed by atoms with Gasteiger partial charge >= 0.3 is 7.12 Å². The fourth-order valence-electron chi connectivity index (χ4n) is 1.73. The van der Waals surface area contributed by atoms with E-state index in [4.69, 9.17) is 20.9 Å². The predicted octanol–water partition coefficient (Wildman–Crippen LogP) is 0.553. The predicted molar refractivity (Wildman–Crippen MR) is 73.0 cm³/mol. The van der Waals surface area contributed by atoms with Gasteiger partial charge in [-0.3, -0.25) is 4.98 Å². The maximum atomic E-state index is 7.98. The summed E-state index contributed by atoms with van der Waals surface area (Å²) in [5.41, 5.74) is -0.881. The standard InChI is InChI=1S/C13H19BN2O4/c1-12(2)13(3,4)20-14(19-12)10-5-15-6-11(16-10)18-9-7-17-8-9/h5-6,9H,7-8H2,1-4H3/i7D2,8D2,9D. The van der Waals surface area contributed by atoms with Crippen LogP contribution in [-0.2, 0) is 14.0 Å². The molecule has 0 amide bonds. The Labute approximate surface area is 126 Å². The third-order valence-electron chi connectivity index (χ3n) is 3.62. The van der Waals surface area contributed by atoms with E-state index >= 15 is 0 Å². The zero-order valence-corrected chi connectivity index (χ0v) is 11.8. The van der Waals surface area contributed by atoms with Gasteiger partial charge in [0.05, 0.1) is 43.0 Å². The van der Waals surface area contributed by atoms with E-state index < -0.39 is 37.5 Å². The van der Waals surface area contributed by atoms with Gasteiger partial charge in [0.2, 0.25) is 5.88 Å². The van der Waals surface area contributed by atoms with Crippen molar-refractivity contribution in [3.8, 4) is 5.88 Å². The van der Waals surface area contributed by atoms with Crippen LogP contribution in [0.2, 0.25) is 0 Å². The van der Waals surface area contributed by atoms with E-state index in [1.165, 1.54) is 6.20 Å². The zero-order chi connectivity index (χ0) is 18.9. The summed E-state index contributed by atoms with van der Waals surface area (Å²) in [5, 5.41) is 0. The van der Waals surface area contributed by atoms with Crippen molar-refractivity contribution in [1.82, 2.24) is 9.97 Å². The molecule has 2 fully saturated rings. The van der Waals surface area contributed by atoms with Crippen LogP contribution in [0.1, 0.15) is 34.5 Å². The van der Waals surface area contributed by atoms with E-state index in [-0.39, 0.29) is 11.5 Å². The molecule has 6 nitrogen and oxygen atoms in total. The van der Waals surface area contributed by atoms with Crippen LogP contribution in [0.25, 0.3) is 0 Å². The topological polar surface area (TPSA) is 62.7 Å². The highest BCUT2D eigenvalue weighted by atomic mass is 16.7. The molecule has 108 valence electrons. The lowest BCUT2D eigenvalue weighted by molar-refractivity contribution is -0.0814. The van der Waals surface area contributed by atoms with Crippen LogP contribution in [-0.4, -0.2) is 47.5 Å². The van der Waals surface area contributed by atoms with Crippen molar-refractivity contribution in [2.45, 2.75) is 45.0 Å². The monoisotopic (exact) mass is 283 g/mol. The molecule has 0 radical (unpaired) electrons. The third kappa shape index (κ3) is 2.41. The summed E-state index contributed by atoms with van der Waals surface area (Å²) in [6.45, 7) is 2.28. The Bertz CT molecular complexity index is 673. The molecule has 3 heterocycles. The molecule has 7 heteroatoms. The van der Waals surface area contributed by atoms with Crippen molar-refractivity contribution in [3.63, 3.8) is 0 Å². The molecule has 0 unspecified atom stereocenters. The molecule has 2 aliphatic rings. The Morgan fingerprint density at radius 2 is 1.95 bits per heavy atom. The smallest absolute Gasteiger partial charge is 0.468 e. The molecule has 2 aliphatic heterocycles. The second-order valence-electron chi connectivity index (χ2n) is 5.61. The van der Waals surface area contributed by atoms with E-state index in [0.717, 1.165) is 6.20 Å². The molecule has 0 saturated carbocycles. The Kier molecular flexibility index (Phi) is 2.10. The number of aromatic nitrogens is 2. The summed E-state index contributed by atoms with van der Waals surface area (Å²) in [6.07, 6.45) is -0.0368. The molecule has 0 bridgehead atoms. The average Bonchev–Trinajstić information content (AvgIpc) is 2.66. The minimum atomic E-state index is -2.63. The van der Waals surface area contributed by atoms with E-state index in [9.17, 15) is 0 Å². The summed E-state index contributed by atoms with van der Waals surface area (Å²) in [7, 11) is -0.811. The number of nitrogens with zero attached hydrogens (tertiary/aromatic N) is 2. The van der Waals surface area contributed by atoms with Gasteiger partial charge in [-0.25, -0.2) is 4.98 Å². The van der Waals surface area contributed by atoms with Gasteiger partial charge in [0.15, 0.2) is 0 Å². The van der Waals surface area contributed by atoms with E-state index in [1.54, 1.807) is 0 Å². The van der Waals surface area contributed by atoms with Crippen LogP contribution < -0.4 is 10.3 Å². The molecule has 1 aromatic rings. The first kappa shape index (κ1) is 8.97. The second kappa shape index (κ2) is 4.68. The first-order valence-electron chi connectivity index (χ1n) is 8.78. The fraction of sp³-hybridized carbons (Fsp3) is 0.692. The molecular formula is C13H19BN2O4. The minimum Gasteiger partial charge on any atom is -0.468 e. The van der Waals surface area contributed by atoms with Crippen molar-refractivity contribution in [3.05, 3.63) is 12.4 Å². The lowest BCUT2D eigenvalue weighted by Crippen LogP contribution is -2.41. The highest BCUT2D eigenvalue weighted by molar-refractivity contribution is 6.61. The number of ether oxygens (including phenoxy) is 2. The number of hydrogen-bond acceptors (Lipinski definition) is 6. The Hall–Kier alpha value is -1.18. The first-order chi connectivity index (χ1) is 11.2. The minimum absolute atomic E-state index is 0.224. The van der Waals surface area contributed by atoms with E-state index in [0.29, 0.717) is 0 Å². The fourth-order valence-corrected chi connectivity index (χ4v) is 1.73. The van der Waals surface area contributed by atoms with Gasteiger partial charge in [0.25, 0.3) is 0 Å². The van der Waals surface area contributed by atoms with Crippen LogP contribution in [0.5, 0.6) is 5.88 Å². The SMILES string of the molecule is [2H]C1([2H])OC([2H])([2H])C1([2H])Oc1cncc(B2OC(C)(C)C(C)(C)O2)n1. The van der Waals surface area contributed by atoms with Gasteiger partial charge in [-0.2, -0.15) is 0 Å². The van der Waals surface area contributed by atoms with Gasteiger partial charge in [-0.1, -0.05) is 0 Å². The summed E-state index contributed by atoms with van der Waals surface area (Å²) in [5.74, 6) is -0.224. The van der Waals surface area contributed by atoms with Crippen molar-refractivity contribution in [1.29, 1.82) is 0 Å². The van der Waals surface area contributed by atoms with Crippen molar-refractivity contribution in [2.75, 3.05) is 13.1 Å². The van der Waals surface area contributed by atoms with Crippen molar-refractivity contribution >= 4 is 12.7 Å². The van der Waals surface area contributed by atoms with Crippen LogP contribution in [0.3, 0.4) is 0 Å². The van der Waals surface area contributed by atoms with Crippen LogP contribution in [0.4, 0.5) is 0 Å². The van der Waals surface area contributed by atoms with E-state index in [2.05, 4.69) is 14.7 Å². The van der Waals surface area contributed by atoms with Crippen molar-refractivity contribution in [2.24, 2.45) is 0 Å². The van der Waals surface area contributed by atoms with Gasteiger partial charge < -0.3 is 18.8 Å². The molecule has 0 aliphatic carbocycles.